The maximum Gasteiger partial charge on any atom is 0.248 e. The van der Waals surface area contributed by atoms with E-state index in [9.17, 15) is 4.79 Å². The van der Waals surface area contributed by atoms with Gasteiger partial charge >= 0.3 is 0 Å². The van der Waals surface area contributed by atoms with Crippen molar-refractivity contribution in [3.05, 3.63) is 35.3 Å². The first kappa shape index (κ1) is 20.2. The van der Waals surface area contributed by atoms with Gasteiger partial charge in [0.2, 0.25) is 11.9 Å². The van der Waals surface area contributed by atoms with Crippen LogP contribution in [0.25, 0.3) is 0 Å². The van der Waals surface area contributed by atoms with E-state index in [0.29, 0.717) is 17.7 Å². The summed E-state index contributed by atoms with van der Waals surface area (Å²) in [6.45, 7) is 0.757. The molecule has 0 radical (unpaired) electrons. The number of rotatable bonds is 6. The van der Waals surface area contributed by atoms with Crippen molar-refractivity contribution in [1.29, 1.82) is 0 Å². The quantitative estimate of drug-likeness (QED) is 0.456. The van der Waals surface area contributed by atoms with Gasteiger partial charge in [0.15, 0.2) is 5.82 Å². The minimum Gasteiger partial charge on any atom is -0.329 e. The number of carbonyl (C=O) groups is 1. The number of aryl methyl sites for hydroxylation is 1. The van der Waals surface area contributed by atoms with Gasteiger partial charge in [-0.1, -0.05) is 12.8 Å². The number of carbonyl (C=O) groups excluding carboxylic acids is 1. The molecule has 0 unspecified atom stereocenters. The number of hydrogen-bond acceptors (Lipinski definition) is 7. The van der Waals surface area contributed by atoms with Crippen LogP contribution in [0.2, 0.25) is 0 Å². The molecule has 4 heterocycles. The van der Waals surface area contributed by atoms with E-state index in [1.54, 1.807) is 12.3 Å². The summed E-state index contributed by atoms with van der Waals surface area (Å²) in [5.41, 5.74) is 3.45. The van der Waals surface area contributed by atoms with Crippen LogP contribution in [0.5, 0.6) is 0 Å². The van der Waals surface area contributed by atoms with Gasteiger partial charge in [-0.05, 0) is 44.9 Å². The summed E-state index contributed by atoms with van der Waals surface area (Å²) in [5.74, 6) is 3.34. The van der Waals surface area contributed by atoms with E-state index >= 15 is 0 Å². The van der Waals surface area contributed by atoms with Crippen LogP contribution in [0.1, 0.15) is 67.8 Å². The van der Waals surface area contributed by atoms with Crippen molar-refractivity contribution in [3.63, 3.8) is 0 Å². The van der Waals surface area contributed by atoms with Crippen molar-refractivity contribution >= 4 is 29.3 Å². The number of anilines is 4. The number of aromatic amines is 2. The number of nitrogens with zero attached hydrogens (tertiary/aromatic N) is 5. The summed E-state index contributed by atoms with van der Waals surface area (Å²) >= 11 is 0. The van der Waals surface area contributed by atoms with Gasteiger partial charge in [0, 0.05) is 35.9 Å². The Labute approximate surface area is 192 Å². The highest BCUT2D eigenvalue weighted by Gasteiger charge is 2.34. The monoisotopic (exact) mass is 447 g/mol. The molecule has 10 heteroatoms. The van der Waals surface area contributed by atoms with Crippen molar-refractivity contribution in [3.8, 4) is 0 Å². The molecule has 6 rings (SSSR count). The maximum atomic E-state index is 12.9. The van der Waals surface area contributed by atoms with E-state index in [2.05, 4.69) is 37.1 Å². The van der Waals surface area contributed by atoms with Gasteiger partial charge in [-0.2, -0.15) is 15.2 Å². The fraction of sp³-hybridized carbons (Fsp3) is 0.522. The van der Waals surface area contributed by atoms with E-state index < -0.39 is 0 Å². The molecule has 2 aliphatic carbocycles. The Balaban J connectivity index is 1.25. The zero-order chi connectivity index (χ0) is 22.2. The number of H-pyrrole nitrogens is 2. The Morgan fingerprint density at radius 3 is 2.82 bits per heavy atom. The van der Waals surface area contributed by atoms with Crippen LogP contribution in [-0.4, -0.2) is 48.9 Å². The van der Waals surface area contributed by atoms with Crippen molar-refractivity contribution in [2.75, 3.05) is 22.1 Å². The molecule has 3 aliphatic rings. The molecule has 172 valence electrons. The van der Waals surface area contributed by atoms with Crippen LogP contribution in [0.3, 0.4) is 0 Å². The van der Waals surface area contributed by atoms with Gasteiger partial charge < -0.3 is 15.5 Å². The summed E-state index contributed by atoms with van der Waals surface area (Å²) in [6, 6.07) is 3.56. The van der Waals surface area contributed by atoms with Crippen molar-refractivity contribution in [2.45, 2.75) is 69.7 Å². The fourth-order valence-corrected chi connectivity index (χ4v) is 5.44. The number of amides is 1. The fourth-order valence-electron chi connectivity index (χ4n) is 5.44. The zero-order valence-corrected chi connectivity index (χ0v) is 18.6. The highest BCUT2D eigenvalue weighted by atomic mass is 16.2. The lowest BCUT2D eigenvalue weighted by atomic mass is 10.0. The van der Waals surface area contributed by atoms with Crippen molar-refractivity contribution < 1.29 is 4.79 Å². The van der Waals surface area contributed by atoms with Crippen LogP contribution in [0.15, 0.2) is 18.3 Å². The number of hydrogen-bond donors (Lipinski definition) is 4. The van der Waals surface area contributed by atoms with Gasteiger partial charge in [-0.3, -0.25) is 15.0 Å². The van der Waals surface area contributed by atoms with Crippen LogP contribution in [0, 0.1) is 0 Å². The summed E-state index contributed by atoms with van der Waals surface area (Å²) in [7, 11) is 0. The molecule has 3 aromatic heterocycles. The smallest absolute Gasteiger partial charge is 0.248 e. The predicted molar refractivity (Wildman–Crippen MR) is 125 cm³/mol. The third-order valence-electron chi connectivity index (χ3n) is 7.13. The van der Waals surface area contributed by atoms with Gasteiger partial charge in [0.05, 0.1) is 11.9 Å². The molecule has 0 bridgehead atoms. The molecule has 33 heavy (non-hydrogen) atoms. The van der Waals surface area contributed by atoms with E-state index in [1.807, 2.05) is 4.90 Å². The first-order valence-corrected chi connectivity index (χ1v) is 12.0. The normalized spacial score (nSPS) is 20.4. The van der Waals surface area contributed by atoms with Gasteiger partial charge in [0.25, 0.3) is 0 Å². The number of nitrogens with one attached hydrogen (secondary N) is 4. The van der Waals surface area contributed by atoms with Crippen molar-refractivity contribution in [2.24, 2.45) is 0 Å². The van der Waals surface area contributed by atoms with Crippen molar-refractivity contribution in [1.82, 2.24) is 30.4 Å². The molecule has 1 saturated carbocycles. The van der Waals surface area contributed by atoms with E-state index in [1.165, 1.54) is 36.9 Å². The molecule has 10 nitrogen and oxygen atoms in total. The largest absolute Gasteiger partial charge is 0.329 e. The SMILES string of the molecule is O=C(Nc1ccn[nH]1)[C@H]1CCCN1c1nc2c(c(Nc3cc(C4CCCC4)[nH]n3)n1)CCC2. The summed E-state index contributed by atoms with van der Waals surface area (Å²) in [6.07, 6.45) is 11.3. The molecule has 1 saturated heterocycles. The lowest BCUT2D eigenvalue weighted by molar-refractivity contribution is -0.117. The predicted octanol–water partition coefficient (Wildman–Crippen LogP) is 3.42. The second-order valence-corrected chi connectivity index (χ2v) is 9.28. The average molecular weight is 448 g/mol. The Hall–Kier alpha value is -3.43. The number of aromatic nitrogens is 6. The third kappa shape index (κ3) is 3.94. The molecule has 2 fully saturated rings. The third-order valence-corrected chi connectivity index (χ3v) is 7.13. The summed E-state index contributed by atoms with van der Waals surface area (Å²) in [5, 5.41) is 20.8. The van der Waals surface area contributed by atoms with Gasteiger partial charge in [-0.15, -0.1) is 0 Å². The average Bonchev–Trinajstić information content (AvgIpc) is 3.64. The van der Waals surface area contributed by atoms with E-state index in [-0.39, 0.29) is 11.9 Å². The Kier molecular flexibility index (Phi) is 5.20. The highest BCUT2D eigenvalue weighted by molar-refractivity contribution is 5.96. The molecular formula is C23H29N9O. The first-order valence-electron chi connectivity index (χ1n) is 12.0. The van der Waals surface area contributed by atoms with E-state index in [0.717, 1.165) is 56.0 Å². The molecule has 0 spiro atoms. The molecule has 4 N–H and O–H groups in total. The summed E-state index contributed by atoms with van der Waals surface area (Å²) in [4.78, 5) is 24.8. The Bertz CT molecular complexity index is 1130. The van der Waals surface area contributed by atoms with Crippen LogP contribution >= 0.6 is 0 Å². The summed E-state index contributed by atoms with van der Waals surface area (Å²) < 4.78 is 0. The minimum atomic E-state index is -0.306. The minimum absolute atomic E-state index is 0.0659. The van der Waals surface area contributed by atoms with Crippen LogP contribution < -0.4 is 15.5 Å². The standard InChI is InChI=1S/C23H29N9O/c33-22(27-19-10-11-24-30-19)18-9-4-12-32(18)23-25-16-8-3-7-15(16)21(28-23)26-20-13-17(29-31-20)14-5-1-2-6-14/h10-11,13-14,18H,1-9,12H2,(H2,24,27,30,33)(H2,25,26,28,29,31)/t18-/m1/s1. The maximum absolute atomic E-state index is 12.9. The molecule has 1 atom stereocenters. The van der Waals surface area contributed by atoms with Gasteiger partial charge in [0.1, 0.15) is 17.7 Å². The molecule has 3 aromatic rings. The Morgan fingerprint density at radius 2 is 1.97 bits per heavy atom. The van der Waals surface area contributed by atoms with Gasteiger partial charge in [-0.25, -0.2) is 4.98 Å². The topological polar surface area (TPSA) is 128 Å². The lowest BCUT2D eigenvalue weighted by Crippen LogP contribution is -2.40. The number of fused-ring (bicyclic) bond motifs is 1. The van der Waals surface area contributed by atoms with Crippen LogP contribution in [0.4, 0.5) is 23.4 Å². The lowest BCUT2D eigenvalue weighted by Gasteiger charge is -2.25. The molecule has 1 aliphatic heterocycles. The molecule has 0 aromatic carbocycles. The molecular weight excluding hydrogens is 418 g/mol. The molecule has 1 amide bonds. The second-order valence-electron chi connectivity index (χ2n) is 9.28. The second kappa shape index (κ2) is 8.49. The van der Waals surface area contributed by atoms with E-state index in [4.69, 9.17) is 9.97 Å². The van der Waals surface area contributed by atoms with Crippen LogP contribution in [-0.2, 0) is 17.6 Å². The zero-order valence-electron chi connectivity index (χ0n) is 18.6. The first-order chi connectivity index (χ1) is 16.2. The Morgan fingerprint density at radius 1 is 1.06 bits per heavy atom. The highest BCUT2D eigenvalue weighted by Crippen LogP contribution is 2.35.